The number of hydrogen-bond donors (Lipinski definition) is 2. The molecule has 1 aliphatic carbocycles. The summed E-state index contributed by atoms with van der Waals surface area (Å²) in [5.41, 5.74) is 1.90. The minimum atomic E-state index is -1.67. The number of rotatable bonds is 7. The second-order valence-electron chi connectivity index (χ2n) is 9.16. The Labute approximate surface area is 249 Å². The molecule has 0 spiro atoms. The van der Waals surface area contributed by atoms with Crippen molar-refractivity contribution in [2.75, 3.05) is 10.6 Å². The van der Waals surface area contributed by atoms with E-state index in [1.807, 2.05) is 0 Å². The third-order valence-corrected chi connectivity index (χ3v) is 7.84. The molecular formula is C28H18Cl4FN7. The smallest absolute Gasteiger partial charge is 0.166 e. The molecule has 12 heteroatoms. The van der Waals surface area contributed by atoms with Crippen LogP contribution in [0.25, 0.3) is 10.9 Å². The second-order valence-corrected chi connectivity index (χ2v) is 10.8. The van der Waals surface area contributed by atoms with Crippen LogP contribution >= 0.6 is 46.4 Å². The first-order chi connectivity index (χ1) is 19.7. The lowest BCUT2D eigenvalue weighted by molar-refractivity contribution is 0.610. The van der Waals surface area contributed by atoms with E-state index >= 15 is 0 Å². The topological polar surface area (TPSA) is 91.5 Å². The van der Waals surface area contributed by atoms with Gasteiger partial charge >= 0.3 is 0 Å². The third kappa shape index (κ3) is 5.02. The normalized spacial score (nSPS) is 14.8. The van der Waals surface area contributed by atoms with Crippen LogP contribution in [-0.2, 0) is 0 Å². The number of halogens is 5. The van der Waals surface area contributed by atoms with E-state index in [0.29, 0.717) is 32.9 Å². The first kappa shape index (κ1) is 25.4. The molecule has 3 aromatic carbocycles. The van der Waals surface area contributed by atoms with Crippen molar-refractivity contribution in [3.8, 4) is 6.07 Å². The molecule has 1 aliphatic rings. The molecule has 0 unspecified atom stereocenters. The van der Waals surface area contributed by atoms with E-state index in [4.69, 9.17) is 46.4 Å². The molecule has 1 atom stereocenters. The average molecular weight is 614 g/mol. The van der Waals surface area contributed by atoms with Gasteiger partial charge in [0.15, 0.2) is 5.82 Å². The highest BCUT2D eigenvalue weighted by molar-refractivity contribution is 6.42. The monoisotopic (exact) mass is 612 g/mol. The largest absolute Gasteiger partial charge is 0.373 e. The molecule has 40 heavy (non-hydrogen) atoms. The van der Waals surface area contributed by atoms with Gasteiger partial charge in [-0.05, 0) is 48.7 Å². The van der Waals surface area contributed by atoms with Crippen LogP contribution in [0, 0.1) is 17.1 Å². The summed E-state index contributed by atoms with van der Waals surface area (Å²) in [6, 6.07) is 13.8. The molecule has 5 aromatic rings. The molecule has 2 aromatic heterocycles. The predicted octanol–water partition coefficient (Wildman–Crippen LogP) is 8.73. The van der Waals surface area contributed by atoms with E-state index in [2.05, 4.69) is 32.0 Å². The van der Waals surface area contributed by atoms with Crippen molar-refractivity contribution in [1.82, 2.24) is 20.0 Å². The molecule has 1 saturated carbocycles. The van der Waals surface area contributed by atoms with Gasteiger partial charge in [0.1, 0.15) is 11.8 Å². The summed E-state index contributed by atoms with van der Waals surface area (Å²) in [7, 11) is 0. The van der Waals surface area contributed by atoms with E-state index in [0.717, 1.165) is 12.8 Å². The van der Waals surface area contributed by atoms with Crippen LogP contribution in [0.5, 0.6) is 0 Å². The summed E-state index contributed by atoms with van der Waals surface area (Å²) in [5, 5.41) is 25.4. The minimum Gasteiger partial charge on any atom is -0.373 e. The molecule has 0 saturated heterocycles. The Balaban J connectivity index is 1.50. The van der Waals surface area contributed by atoms with Gasteiger partial charge in [-0.25, -0.2) is 9.07 Å². The van der Waals surface area contributed by atoms with Gasteiger partial charge in [-0.15, -0.1) is 5.10 Å². The zero-order valence-electron chi connectivity index (χ0n) is 21.4. The number of benzene rings is 3. The van der Waals surface area contributed by atoms with Crippen LogP contribution in [0.3, 0.4) is 0 Å². The highest BCUT2D eigenvalue weighted by Crippen LogP contribution is 2.40. The standard InChI is InChI=1S/C28H18Cl4FN7/c29-19-4-2-1-3-17(19)28(23-13-40(39-38-23)16-5-6-16)36-15-9-18-26(14(11-34)12-35-27(18)21(31)10-15)37-22-8-7-20(30)24(32)25(22)33/h1-4,7-10,12-13,16,28,36H,5-6H2,(H,35,37)/t28-/m0/s1/i28D. The van der Waals surface area contributed by atoms with Gasteiger partial charge in [-0.2, -0.15) is 5.26 Å². The second kappa shape index (κ2) is 10.8. The number of fused-ring (bicyclic) bond motifs is 1. The summed E-state index contributed by atoms with van der Waals surface area (Å²) >= 11 is 25.2. The summed E-state index contributed by atoms with van der Waals surface area (Å²) in [4.78, 5) is 4.35. The summed E-state index contributed by atoms with van der Waals surface area (Å²) in [5.74, 6) is -0.781. The summed E-state index contributed by atoms with van der Waals surface area (Å²) < 4.78 is 26.3. The maximum atomic E-state index is 15.0. The summed E-state index contributed by atoms with van der Waals surface area (Å²) in [6.07, 6.45) is 5.07. The van der Waals surface area contributed by atoms with E-state index in [9.17, 15) is 11.0 Å². The molecule has 7 nitrogen and oxygen atoms in total. The number of nitrogens with zero attached hydrogens (tertiary/aromatic N) is 5. The molecule has 2 heterocycles. The Kier molecular flexibility index (Phi) is 6.82. The van der Waals surface area contributed by atoms with Gasteiger partial charge in [0.2, 0.25) is 0 Å². The Morgan fingerprint density at radius 3 is 2.62 bits per heavy atom. The minimum absolute atomic E-state index is 0.000445. The van der Waals surface area contributed by atoms with Crippen molar-refractivity contribution in [2.45, 2.75) is 24.9 Å². The first-order valence-corrected chi connectivity index (χ1v) is 13.6. The third-order valence-electron chi connectivity index (χ3n) is 6.44. The van der Waals surface area contributed by atoms with Crippen molar-refractivity contribution in [3.05, 3.63) is 104 Å². The van der Waals surface area contributed by atoms with Crippen LogP contribution in [0.4, 0.5) is 21.5 Å². The molecule has 0 aliphatic heterocycles. The Bertz CT molecular complexity index is 1870. The molecular weight excluding hydrogens is 595 g/mol. The number of nitrogens with one attached hydrogen (secondary N) is 2. The van der Waals surface area contributed by atoms with Crippen LogP contribution in [0.1, 0.15) is 43.1 Å². The fraction of sp³-hybridized carbons (Fsp3) is 0.143. The molecule has 1 fully saturated rings. The zero-order chi connectivity index (χ0) is 28.9. The zero-order valence-corrected chi connectivity index (χ0v) is 23.4. The Morgan fingerprint density at radius 2 is 1.88 bits per heavy atom. The first-order valence-electron chi connectivity index (χ1n) is 12.6. The highest BCUT2D eigenvalue weighted by atomic mass is 35.5. The number of anilines is 3. The molecule has 0 amide bonds. The van der Waals surface area contributed by atoms with Crippen LogP contribution in [0.2, 0.25) is 20.1 Å². The van der Waals surface area contributed by atoms with Gasteiger partial charge in [-0.1, -0.05) is 69.8 Å². The molecule has 200 valence electrons. The molecule has 2 N–H and O–H groups in total. The van der Waals surface area contributed by atoms with Crippen LogP contribution in [-0.4, -0.2) is 20.0 Å². The van der Waals surface area contributed by atoms with Crippen molar-refractivity contribution in [1.29, 1.82) is 5.26 Å². The number of nitriles is 1. The fourth-order valence-electron chi connectivity index (χ4n) is 4.29. The van der Waals surface area contributed by atoms with Crippen molar-refractivity contribution in [2.24, 2.45) is 0 Å². The van der Waals surface area contributed by atoms with Gasteiger partial charge in [0.05, 0.1) is 57.2 Å². The SMILES string of the molecule is [2H][C@@](Nc1cc(Cl)c2ncc(C#N)c(Nc3ccc(Cl)c(Cl)c3F)c2c1)(c1cn(C2CC2)nn1)c1ccccc1Cl. The number of aromatic nitrogens is 4. The quantitative estimate of drug-likeness (QED) is 0.178. The van der Waals surface area contributed by atoms with E-state index in [1.54, 1.807) is 47.3 Å². The molecule has 0 radical (unpaired) electrons. The number of hydrogen-bond acceptors (Lipinski definition) is 6. The predicted molar refractivity (Wildman–Crippen MR) is 156 cm³/mol. The van der Waals surface area contributed by atoms with E-state index < -0.39 is 11.8 Å². The van der Waals surface area contributed by atoms with Crippen molar-refractivity contribution >= 4 is 74.4 Å². The Hall–Kier alpha value is -3.61. The van der Waals surface area contributed by atoms with Gasteiger partial charge < -0.3 is 10.6 Å². The van der Waals surface area contributed by atoms with Gasteiger partial charge in [0, 0.05) is 22.3 Å². The van der Waals surface area contributed by atoms with Crippen molar-refractivity contribution in [3.63, 3.8) is 0 Å². The van der Waals surface area contributed by atoms with E-state index in [1.165, 1.54) is 18.3 Å². The lowest BCUT2D eigenvalue weighted by Crippen LogP contribution is -2.14. The van der Waals surface area contributed by atoms with E-state index in [-0.39, 0.29) is 38.0 Å². The van der Waals surface area contributed by atoms with Gasteiger partial charge in [0.25, 0.3) is 0 Å². The lowest BCUT2D eigenvalue weighted by atomic mass is 10.0. The lowest BCUT2D eigenvalue weighted by Gasteiger charge is -2.21. The van der Waals surface area contributed by atoms with Crippen molar-refractivity contribution < 1.29 is 5.76 Å². The maximum Gasteiger partial charge on any atom is 0.166 e. The average Bonchev–Trinajstić information content (AvgIpc) is 3.69. The molecule has 6 rings (SSSR count). The maximum absolute atomic E-state index is 15.0. The highest BCUT2D eigenvalue weighted by Gasteiger charge is 2.28. The van der Waals surface area contributed by atoms with Gasteiger partial charge in [-0.3, -0.25) is 4.98 Å². The fourth-order valence-corrected chi connectivity index (χ4v) is 5.10. The summed E-state index contributed by atoms with van der Waals surface area (Å²) in [6.45, 7) is 0. The van der Waals surface area contributed by atoms with Crippen LogP contribution < -0.4 is 10.6 Å². The van der Waals surface area contributed by atoms with Crippen LogP contribution in [0.15, 0.2) is 60.9 Å². The Morgan fingerprint density at radius 1 is 1.07 bits per heavy atom. The number of pyridine rings is 1. The molecule has 0 bridgehead atoms.